The Kier molecular flexibility index (Phi) is 6.28. The van der Waals surface area contributed by atoms with Crippen LogP contribution in [0, 0.1) is 0 Å². The Morgan fingerprint density at radius 2 is 1.38 bits per heavy atom. The third-order valence-electron chi connectivity index (χ3n) is 4.84. The van der Waals surface area contributed by atoms with Crippen molar-refractivity contribution in [2.45, 2.75) is 10.9 Å². The molecule has 4 rings (SSSR count). The number of benzene rings is 3. The third kappa shape index (κ3) is 5.01. The largest absolute Gasteiger partial charge is 0.340 e. The highest BCUT2D eigenvalue weighted by Crippen LogP contribution is 2.21. The molecule has 2 N–H and O–H groups in total. The maximum atomic E-state index is 12.9. The number of hydrogen-bond donors (Lipinski definition) is 2. The Labute approximate surface area is 187 Å². The summed E-state index contributed by atoms with van der Waals surface area (Å²) in [6.07, 6.45) is 1.69. The van der Waals surface area contributed by atoms with Gasteiger partial charge in [-0.3, -0.25) is 14.5 Å². The SMILES string of the molecule is O=C(NC(c1ccccc1)c1ccccn1)c1ccc(NS(=O)(=O)c2ccccc2)cc1. The van der Waals surface area contributed by atoms with Crippen LogP contribution in [0.25, 0.3) is 0 Å². The van der Waals surface area contributed by atoms with Crippen LogP contribution >= 0.6 is 0 Å². The molecule has 0 spiro atoms. The number of nitrogens with one attached hydrogen (secondary N) is 2. The van der Waals surface area contributed by atoms with Crippen molar-refractivity contribution >= 4 is 21.6 Å². The number of carbonyl (C=O) groups is 1. The smallest absolute Gasteiger partial charge is 0.261 e. The number of amides is 1. The number of sulfonamides is 1. The van der Waals surface area contributed by atoms with Gasteiger partial charge in [0.15, 0.2) is 0 Å². The van der Waals surface area contributed by atoms with E-state index in [0.29, 0.717) is 11.3 Å². The quantitative estimate of drug-likeness (QED) is 0.443. The van der Waals surface area contributed by atoms with Gasteiger partial charge in [-0.1, -0.05) is 54.6 Å². The van der Waals surface area contributed by atoms with Gasteiger partial charge in [-0.05, 0) is 54.1 Å². The minimum Gasteiger partial charge on any atom is -0.340 e. The van der Waals surface area contributed by atoms with Gasteiger partial charge in [0.25, 0.3) is 15.9 Å². The lowest BCUT2D eigenvalue weighted by atomic mass is 10.0. The number of aromatic nitrogens is 1. The minimum atomic E-state index is -3.70. The topological polar surface area (TPSA) is 88.2 Å². The van der Waals surface area contributed by atoms with E-state index in [4.69, 9.17) is 0 Å². The molecule has 1 aromatic heterocycles. The van der Waals surface area contributed by atoms with Gasteiger partial charge in [-0.25, -0.2) is 8.42 Å². The van der Waals surface area contributed by atoms with Crippen LogP contribution in [0.3, 0.4) is 0 Å². The molecule has 0 bridgehead atoms. The van der Waals surface area contributed by atoms with E-state index in [0.717, 1.165) is 11.3 Å². The summed E-state index contributed by atoms with van der Waals surface area (Å²) in [6, 6.07) is 29.1. The van der Waals surface area contributed by atoms with E-state index in [1.807, 2.05) is 48.5 Å². The fourth-order valence-electron chi connectivity index (χ4n) is 3.24. The van der Waals surface area contributed by atoms with Crippen LogP contribution < -0.4 is 10.0 Å². The van der Waals surface area contributed by atoms with Gasteiger partial charge in [-0.15, -0.1) is 0 Å². The summed E-state index contributed by atoms with van der Waals surface area (Å²) in [5, 5.41) is 3.02. The lowest BCUT2D eigenvalue weighted by Gasteiger charge is -2.19. The van der Waals surface area contributed by atoms with E-state index in [2.05, 4.69) is 15.0 Å². The molecule has 0 saturated heterocycles. The zero-order valence-electron chi connectivity index (χ0n) is 17.0. The van der Waals surface area contributed by atoms with E-state index in [1.165, 1.54) is 12.1 Å². The minimum absolute atomic E-state index is 0.169. The van der Waals surface area contributed by atoms with Crippen LogP contribution in [0.1, 0.15) is 27.7 Å². The first kappa shape index (κ1) is 21.3. The zero-order chi connectivity index (χ0) is 22.4. The fraction of sp³-hybridized carbons (Fsp3) is 0.0400. The van der Waals surface area contributed by atoms with Gasteiger partial charge in [0, 0.05) is 17.4 Å². The Bertz CT molecular complexity index is 1240. The average molecular weight is 444 g/mol. The molecule has 4 aromatic rings. The van der Waals surface area contributed by atoms with Crippen molar-refractivity contribution in [2.75, 3.05) is 4.72 Å². The van der Waals surface area contributed by atoms with Gasteiger partial charge in [-0.2, -0.15) is 0 Å². The van der Waals surface area contributed by atoms with Crippen molar-refractivity contribution in [3.63, 3.8) is 0 Å². The molecule has 1 unspecified atom stereocenters. The molecule has 0 fully saturated rings. The molecule has 0 aliphatic rings. The van der Waals surface area contributed by atoms with E-state index >= 15 is 0 Å². The predicted octanol–water partition coefficient (Wildman–Crippen LogP) is 4.40. The predicted molar refractivity (Wildman–Crippen MR) is 124 cm³/mol. The van der Waals surface area contributed by atoms with Crippen LogP contribution in [0.15, 0.2) is 114 Å². The highest BCUT2D eigenvalue weighted by molar-refractivity contribution is 7.92. The lowest BCUT2D eigenvalue weighted by Crippen LogP contribution is -2.29. The summed E-state index contributed by atoms with van der Waals surface area (Å²) < 4.78 is 27.5. The number of nitrogens with zero attached hydrogens (tertiary/aromatic N) is 1. The summed E-state index contributed by atoms with van der Waals surface area (Å²) in [7, 11) is -3.70. The van der Waals surface area contributed by atoms with Crippen LogP contribution in [-0.2, 0) is 10.0 Å². The first-order chi connectivity index (χ1) is 15.5. The van der Waals surface area contributed by atoms with Crippen LogP contribution in [0.4, 0.5) is 5.69 Å². The average Bonchev–Trinajstić information content (AvgIpc) is 2.84. The summed E-state index contributed by atoms with van der Waals surface area (Å²) in [4.78, 5) is 17.5. The number of anilines is 1. The van der Waals surface area contributed by atoms with Gasteiger partial charge >= 0.3 is 0 Å². The standard InChI is InChI=1S/C25H21N3O3S/c29-25(27-24(19-9-3-1-4-10-19)23-13-7-8-18-26-23)20-14-16-21(17-15-20)28-32(30,31)22-11-5-2-6-12-22/h1-18,24,28H,(H,27,29). The monoisotopic (exact) mass is 443 g/mol. The molecular formula is C25H21N3O3S. The number of carbonyl (C=O) groups excluding carboxylic acids is 1. The molecule has 1 atom stereocenters. The zero-order valence-corrected chi connectivity index (χ0v) is 17.9. The molecule has 160 valence electrons. The number of rotatable bonds is 7. The fourth-order valence-corrected chi connectivity index (χ4v) is 4.32. The molecule has 32 heavy (non-hydrogen) atoms. The van der Waals surface area contributed by atoms with E-state index in [-0.39, 0.29) is 10.8 Å². The highest BCUT2D eigenvalue weighted by Gasteiger charge is 2.19. The lowest BCUT2D eigenvalue weighted by molar-refractivity contribution is 0.0942. The summed E-state index contributed by atoms with van der Waals surface area (Å²) in [6.45, 7) is 0. The van der Waals surface area contributed by atoms with Crippen LogP contribution in [0.2, 0.25) is 0 Å². The van der Waals surface area contributed by atoms with Gasteiger partial charge < -0.3 is 5.32 Å². The summed E-state index contributed by atoms with van der Waals surface area (Å²) in [5.74, 6) is -0.290. The van der Waals surface area contributed by atoms with Crippen molar-refractivity contribution in [3.8, 4) is 0 Å². The second-order valence-corrected chi connectivity index (χ2v) is 8.75. The molecule has 6 nitrogen and oxygen atoms in total. The van der Waals surface area contributed by atoms with Crippen LogP contribution in [-0.4, -0.2) is 19.3 Å². The van der Waals surface area contributed by atoms with Crippen molar-refractivity contribution in [1.82, 2.24) is 10.3 Å². The Balaban J connectivity index is 1.52. The molecule has 3 aromatic carbocycles. The number of pyridine rings is 1. The normalized spacial score (nSPS) is 12.0. The van der Waals surface area contributed by atoms with Gasteiger partial charge in [0.05, 0.1) is 16.6 Å². The maximum Gasteiger partial charge on any atom is 0.261 e. The van der Waals surface area contributed by atoms with Crippen molar-refractivity contribution < 1.29 is 13.2 Å². The maximum absolute atomic E-state index is 12.9. The molecule has 0 aliphatic heterocycles. The molecule has 0 saturated carbocycles. The third-order valence-corrected chi connectivity index (χ3v) is 6.24. The van der Waals surface area contributed by atoms with Crippen molar-refractivity contribution in [2.24, 2.45) is 0 Å². The number of hydrogen-bond acceptors (Lipinski definition) is 4. The molecule has 0 radical (unpaired) electrons. The second kappa shape index (κ2) is 9.45. The van der Waals surface area contributed by atoms with Crippen molar-refractivity contribution in [3.05, 3.63) is 126 Å². The van der Waals surface area contributed by atoms with Gasteiger partial charge in [0.2, 0.25) is 0 Å². The van der Waals surface area contributed by atoms with E-state index in [9.17, 15) is 13.2 Å². The molecule has 7 heteroatoms. The Hall–Kier alpha value is -3.97. The van der Waals surface area contributed by atoms with Crippen molar-refractivity contribution in [1.29, 1.82) is 0 Å². The summed E-state index contributed by atoms with van der Waals surface area (Å²) >= 11 is 0. The van der Waals surface area contributed by atoms with E-state index < -0.39 is 16.1 Å². The van der Waals surface area contributed by atoms with Gasteiger partial charge in [0.1, 0.15) is 0 Å². The van der Waals surface area contributed by atoms with Crippen LogP contribution in [0.5, 0.6) is 0 Å². The Morgan fingerprint density at radius 1 is 0.750 bits per heavy atom. The first-order valence-corrected chi connectivity index (χ1v) is 11.5. The molecule has 1 amide bonds. The first-order valence-electron chi connectivity index (χ1n) is 9.97. The van der Waals surface area contributed by atoms with E-state index in [1.54, 1.807) is 48.7 Å². The Morgan fingerprint density at radius 3 is 2.00 bits per heavy atom. The second-order valence-electron chi connectivity index (χ2n) is 7.07. The highest BCUT2D eigenvalue weighted by atomic mass is 32.2. The molecule has 0 aliphatic carbocycles. The molecule has 1 heterocycles. The molecular weight excluding hydrogens is 422 g/mol. The summed E-state index contributed by atoms with van der Waals surface area (Å²) in [5.41, 5.74) is 2.41.